The predicted molar refractivity (Wildman–Crippen MR) is 94.2 cm³/mol. The minimum absolute atomic E-state index is 0.0832. The molecule has 1 aromatic carbocycles. The largest absolute Gasteiger partial charge is 0.502 e. The first kappa shape index (κ1) is 17.5. The van der Waals surface area contributed by atoms with Crippen LogP contribution in [0.1, 0.15) is 18.4 Å². The lowest BCUT2D eigenvalue weighted by Gasteiger charge is -2.46. The third-order valence-electron chi connectivity index (χ3n) is 6.43. The van der Waals surface area contributed by atoms with Gasteiger partial charge in [0, 0.05) is 18.6 Å². The number of esters is 1. The highest BCUT2D eigenvalue weighted by atomic mass is 16.6. The van der Waals surface area contributed by atoms with Gasteiger partial charge in [-0.05, 0) is 30.2 Å². The first-order valence-electron chi connectivity index (χ1n) is 9.13. The van der Waals surface area contributed by atoms with Gasteiger partial charge in [-0.1, -0.05) is 0 Å². The number of carbonyl (C=O) groups excluding carboxylic acids is 2. The average Bonchev–Trinajstić information content (AvgIpc) is 3.19. The van der Waals surface area contributed by atoms with Gasteiger partial charge in [0.2, 0.25) is 5.75 Å². The summed E-state index contributed by atoms with van der Waals surface area (Å²) in [6.07, 6.45) is 1.13. The average molecular weight is 388 g/mol. The van der Waals surface area contributed by atoms with Gasteiger partial charge in [0.25, 0.3) is 0 Å². The summed E-state index contributed by atoms with van der Waals surface area (Å²) in [6, 6.07) is 3.22. The molecule has 1 N–H and O–H groups in total. The second-order valence-electron chi connectivity index (χ2n) is 7.60. The smallest absolute Gasteiger partial charge is 0.315 e. The number of hydrogen-bond acceptors (Lipinski definition) is 8. The molecule has 4 atom stereocenters. The van der Waals surface area contributed by atoms with Gasteiger partial charge < -0.3 is 28.8 Å². The van der Waals surface area contributed by atoms with Crippen molar-refractivity contribution in [3.8, 4) is 17.2 Å². The molecule has 8 nitrogen and oxygen atoms in total. The molecule has 2 bridgehead atoms. The van der Waals surface area contributed by atoms with E-state index in [9.17, 15) is 14.7 Å². The lowest BCUT2D eigenvalue weighted by molar-refractivity contribution is -0.197. The molecule has 0 amide bonds. The van der Waals surface area contributed by atoms with Crippen molar-refractivity contribution in [2.24, 2.45) is 5.41 Å². The van der Waals surface area contributed by atoms with Gasteiger partial charge >= 0.3 is 5.97 Å². The Bertz CT molecular complexity index is 896. The standard InChI is InChI=1S/C20H20O8/c1-24-12-6-10(7-13(25-2)16(12)22)5-11-15(21)14-8-19-3-4-26-17(11)20(19,28-14)9-27-18(19)23/h5-7,14,17,22H,3-4,8-9H2,1-2H3/b11-5+/t14-,17+,19-,20-/m1/s1. The molecule has 4 heterocycles. The highest BCUT2D eigenvalue weighted by Gasteiger charge is 2.77. The summed E-state index contributed by atoms with van der Waals surface area (Å²) in [5.41, 5.74) is -0.739. The maximum Gasteiger partial charge on any atom is 0.315 e. The molecule has 0 aliphatic carbocycles. The number of aromatic hydroxyl groups is 1. The number of hydrogen-bond donors (Lipinski definition) is 1. The lowest BCUT2D eigenvalue weighted by atomic mass is 9.67. The van der Waals surface area contributed by atoms with Crippen molar-refractivity contribution < 1.29 is 38.4 Å². The monoisotopic (exact) mass is 388 g/mol. The van der Waals surface area contributed by atoms with E-state index in [4.69, 9.17) is 23.7 Å². The fourth-order valence-electron chi connectivity index (χ4n) is 5.05. The Morgan fingerprint density at radius 2 is 1.93 bits per heavy atom. The Hall–Kier alpha value is -2.58. The fourth-order valence-corrected chi connectivity index (χ4v) is 5.05. The number of benzene rings is 1. The molecule has 0 unspecified atom stereocenters. The second-order valence-corrected chi connectivity index (χ2v) is 7.60. The number of phenolic OH excluding ortho intramolecular Hbond substituents is 1. The van der Waals surface area contributed by atoms with Crippen LogP contribution in [-0.4, -0.2) is 62.1 Å². The topological polar surface area (TPSA) is 101 Å². The highest BCUT2D eigenvalue weighted by Crippen LogP contribution is 2.62. The Labute approximate surface area is 161 Å². The SMILES string of the molecule is COc1cc(/C=C2\C(=O)[C@H]3C[C@@]45CCO[C@@H]2[C@@]4(COC5=O)O3)cc(OC)c1O. The van der Waals surface area contributed by atoms with Crippen LogP contribution in [0.3, 0.4) is 0 Å². The van der Waals surface area contributed by atoms with Gasteiger partial charge in [-0.2, -0.15) is 0 Å². The van der Waals surface area contributed by atoms with E-state index in [2.05, 4.69) is 0 Å². The molecule has 5 rings (SSSR count). The Balaban J connectivity index is 1.64. The molecular weight excluding hydrogens is 368 g/mol. The zero-order valence-electron chi connectivity index (χ0n) is 15.5. The third kappa shape index (κ3) is 1.96. The summed E-state index contributed by atoms with van der Waals surface area (Å²) >= 11 is 0. The molecule has 148 valence electrons. The van der Waals surface area contributed by atoms with Gasteiger partial charge in [0.1, 0.15) is 29.8 Å². The van der Waals surface area contributed by atoms with Gasteiger partial charge in [-0.25, -0.2) is 0 Å². The van der Waals surface area contributed by atoms with Gasteiger partial charge in [-0.15, -0.1) is 0 Å². The molecule has 4 fully saturated rings. The Morgan fingerprint density at radius 3 is 2.61 bits per heavy atom. The van der Waals surface area contributed by atoms with E-state index >= 15 is 0 Å². The molecule has 28 heavy (non-hydrogen) atoms. The van der Waals surface area contributed by atoms with Crippen LogP contribution in [0.2, 0.25) is 0 Å². The molecule has 8 heteroatoms. The zero-order chi connectivity index (χ0) is 19.7. The molecule has 4 saturated heterocycles. The van der Waals surface area contributed by atoms with Gasteiger partial charge in [0.05, 0.1) is 14.2 Å². The normalized spacial score (nSPS) is 37.0. The van der Waals surface area contributed by atoms with E-state index in [0.717, 1.165) is 0 Å². The molecule has 1 aromatic rings. The molecule has 0 aromatic heterocycles. The number of rotatable bonds is 3. The van der Waals surface area contributed by atoms with Crippen molar-refractivity contribution in [2.75, 3.05) is 27.4 Å². The lowest BCUT2D eigenvalue weighted by Crippen LogP contribution is -2.62. The van der Waals surface area contributed by atoms with E-state index in [1.165, 1.54) is 14.2 Å². The second kappa shape index (κ2) is 5.71. The van der Waals surface area contributed by atoms with E-state index < -0.39 is 23.2 Å². The number of Topliss-reactive ketones (excluding diaryl/α,β-unsaturated/α-hetero) is 1. The molecule has 4 aliphatic heterocycles. The number of ketones is 1. The van der Waals surface area contributed by atoms with Crippen LogP contribution in [0.15, 0.2) is 17.7 Å². The van der Waals surface area contributed by atoms with Crippen LogP contribution in [0.25, 0.3) is 6.08 Å². The van der Waals surface area contributed by atoms with Crippen molar-refractivity contribution in [3.05, 3.63) is 23.3 Å². The summed E-state index contributed by atoms with van der Waals surface area (Å²) in [7, 11) is 2.87. The van der Waals surface area contributed by atoms with E-state index in [0.29, 0.717) is 30.6 Å². The number of methoxy groups -OCH3 is 2. The fraction of sp³-hybridized carbons (Fsp3) is 0.500. The van der Waals surface area contributed by atoms with E-state index in [1.807, 2.05) is 0 Å². The Morgan fingerprint density at radius 1 is 1.21 bits per heavy atom. The first-order chi connectivity index (χ1) is 13.5. The number of fused-ring (bicyclic) bond motifs is 1. The van der Waals surface area contributed by atoms with Crippen LogP contribution in [-0.2, 0) is 23.8 Å². The summed E-state index contributed by atoms with van der Waals surface area (Å²) < 4.78 is 27.8. The van der Waals surface area contributed by atoms with Crippen LogP contribution >= 0.6 is 0 Å². The van der Waals surface area contributed by atoms with Crippen LogP contribution in [0, 0.1) is 5.41 Å². The van der Waals surface area contributed by atoms with Crippen molar-refractivity contribution in [1.29, 1.82) is 0 Å². The maximum atomic E-state index is 13.1. The number of carbonyl (C=O) groups is 2. The summed E-state index contributed by atoms with van der Waals surface area (Å²) in [4.78, 5) is 25.7. The molecule has 0 saturated carbocycles. The first-order valence-corrected chi connectivity index (χ1v) is 9.13. The number of cyclic esters (lactones) is 1. The summed E-state index contributed by atoms with van der Waals surface area (Å²) in [5, 5.41) is 10.1. The van der Waals surface area contributed by atoms with E-state index in [-0.39, 0.29) is 35.6 Å². The van der Waals surface area contributed by atoms with Crippen LogP contribution in [0.5, 0.6) is 17.2 Å². The highest BCUT2D eigenvalue weighted by molar-refractivity contribution is 6.06. The summed E-state index contributed by atoms with van der Waals surface area (Å²) in [6.45, 7) is 0.435. The zero-order valence-corrected chi connectivity index (χ0v) is 15.5. The Kier molecular flexibility index (Phi) is 3.57. The van der Waals surface area contributed by atoms with Crippen molar-refractivity contribution in [1.82, 2.24) is 0 Å². The molecule has 1 spiro atoms. The van der Waals surface area contributed by atoms with Crippen molar-refractivity contribution >= 4 is 17.8 Å². The van der Waals surface area contributed by atoms with E-state index in [1.54, 1.807) is 18.2 Å². The molecular formula is C20H20O8. The third-order valence-corrected chi connectivity index (χ3v) is 6.43. The minimum Gasteiger partial charge on any atom is -0.502 e. The molecule has 4 aliphatic rings. The molecule has 0 radical (unpaired) electrons. The van der Waals surface area contributed by atoms with Crippen LogP contribution < -0.4 is 9.47 Å². The number of ether oxygens (including phenoxy) is 5. The van der Waals surface area contributed by atoms with Gasteiger partial charge in [0.15, 0.2) is 17.3 Å². The quantitative estimate of drug-likeness (QED) is 0.610. The minimum atomic E-state index is -0.960. The predicted octanol–water partition coefficient (Wildman–Crippen LogP) is 1.24. The number of phenols is 1. The van der Waals surface area contributed by atoms with Crippen molar-refractivity contribution in [3.63, 3.8) is 0 Å². The van der Waals surface area contributed by atoms with Crippen LogP contribution in [0.4, 0.5) is 0 Å². The van der Waals surface area contributed by atoms with Crippen molar-refractivity contribution in [2.45, 2.75) is 30.7 Å². The summed E-state index contributed by atoms with van der Waals surface area (Å²) in [5.74, 6) is -0.155. The van der Waals surface area contributed by atoms with Gasteiger partial charge in [-0.3, -0.25) is 9.59 Å². The maximum absolute atomic E-state index is 13.1.